The Morgan fingerprint density at radius 3 is 2.92 bits per heavy atom. The Balaban J connectivity index is 1.54. The number of hydrogen-bond acceptors (Lipinski definition) is 6. The van der Waals surface area contributed by atoms with Crippen molar-refractivity contribution in [1.82, 2.24) is 14.9 Å². The number of ether oxygens (including phenoxy) is 2. The summed E-state index contributed by atoms with van der Waals surface area (Å²) in [6.07, 6.45) is 6.96. The number of anilines is 1. The summed E-state index contributed by atoms with van der Waals surface area (Å²) in [6, 6.07) is 0. The van der Waals surface area contributed by atoms with Gasteiger partial charge in [-0.15, -0.1) is 0 Å². The lowest BCUT2D eigenvalue weighted by atomic mass is 9.94. The van der Waals surface area contributed by atoms with Crippen molar-refractivity contribution in [2.45, 2.75) is 37.2 Å². The largest absolute Gasteiger partial charge is 0.440 e. The van der Waals surface area contributed by atoms with E-state index in [2.05, 4.69) is 16.9 Å². The van der Waals surface area contributed by atoms with Gasteiger partial charge in [-0.2, -0.15) is 0 Å². The van der Waals surface area contributed by atoms with E-state index in [1.807, 2.05) is 6.20 Å². The summed E-state index contributed by atoms with van der Waals surface area (Å²) < 4.78 is 11.1. The van der Waals surface area contributed by atoms with Crippen LogP contribution in [0.3, 0.4) is 0 Å². The van der Waals surface area contributed by atoms with Crippen LogP contribution in [0.2, 0.25) is 0 Å². The molecule has 0 radical (unpaired) electrons. The molecule has 3 aliphatic rings. The molecule has 0 aromatic carbocycles. The first-order valence-electron chi connectivity index (χ1n) is 8.74. The van der Waals surface area contributed by atoms with Crippen molar-refractivity contribution in [3.05, 3.63) is 18.1 Å². The van der Waals surface area contributed by atoms with Gasteiger partial charge in [0, 0.05) is 31.5 Å². The number of hydrogen-bond donors (Lipinski definition) is 0. The molecule has 24 heavy (non-hydrogen) atoms. The van der Waals surface area contributed by atoms with Crippen molar-refractivity contribution in [3.8, 4) is 0 Å². The molecule has 0 N–H and O–H groups in total. The predicted octanol–water partition coefficient (Wildman–Crippen LogP) is 1.79. The van der Waals surface area contributed by atoms with Crippen LogP contribution in [0, 0.1) is 0 Å². The third kappa shape index (κ3) is 2.98. The van der Waals surface area contributed by atoms with Gasteiger partial charge in [0.1, 0.15) is 5.60 Å². The molecular weight excluding hydrogens is 308 g/mol. The van der Waals surface area contributed by atoms with Gasteiger partial charge in [0.05, 0.1) is 31.6 Å². The molecule has 0 unspecified atom stereocenters. The fraction of sp³-hybridized carbons (Fsp3) is 0.706. The average Bonchev–Trinajstić information content (AvgIpc) is 2.91. The van der Waals surface area contributed by atoms with E-state index in [0.29, 0.717) is 31.5 Å². The number of aromatic nitrogens is 2. The van der Waals surface area contributed by atoms with E-state index in [1.54, 1.807) is 11.1 Å². The number of rotatable bonds is 2. The molecule has 1 aromatic rings. The minimum Gasteiger partial charge on any atom is -0.440 e. The zero-order valence-corrected chi connectivity index (χ0v) is 14.1. The molecule has 1 spiro atoms. The van der Waals surface area contributed by atoms with Crippen LogP contribution in [-0.2, 0) is 9.47 Å². The minimum absolute atomic E-state index is 0.316. The van der Waals surface area contributed by atoms with E-state index in [1.165, 1.54) is 6.42 Å². The fourth-order valence-corrected chi connectivity index (χ4v) is 3.91. The first kappa shape index (κ1) is 15.8. The Morgan fingerprint density at radius 2 is 2.12 bits per heavy atom. The van der Waals surface area contributed by atoms with Crippen molar-refractivity contribution in [2.24, 2.45) is 0 Å². The van der Waals surface area contributed by atoms with Gasteiger partial charge < -0.3 is 14.4 Å². The molecule has 0 bridgehead atoms. The number of piperidine rings is 1. The van der Waals surface area contributed by atoms with Crippen LogP contribution in [0.25, 0.3) is 0 Å². The number of nitrogens with zero attached hydrogens (tertiary/aromatic N) is 4. The molecule has 3 fully saturated rings. The van der Waals surface area contributed by atoms with E-state index in [0.717, 1.165) is 38.0 Å². The Hall–Kier alpha value is -1.73. The molecule has 3 saturated heterocycles. The number of likely N-dealkylation sites (tertiary alicyclic amines) is 1. The second-order valence-electron chi connectivity index (χ2n) is 7.15. The van der Waals surface area contributed by atoms with Crippen LogP contribution < -0.4 is 4.90 Å². The summed E-state index contributed by atoms with van der Waals surface area (Å²) in [4.78, 5) is 25.4. The smallest absolute Gasteiger partial charge is 0.416 e. The van der Waals surface area contributed by atoms with Crippen LogP contribution in [0.5, 0.6) is 0 Å². The average molecular weight is 332 g/mol. The van der Waals surface area contributed by atoms with Crippen LogP contribution in [0.15, 0.2) is 12.4 Å². The van der Waals surface area contributed by atoms with E-state index in [-0.39, 0.29) is 6.09 Å². The monoisotopic (exact) mass is 332 g/mol. The summed E-state index contributed by atoms with van der Waals surface area (Å²) in [7, 11) is 2.14. The summed E-state index contributed by atoms with van der Waals surface area (Å²) in [5.74, 6) is 0.987. The molecule has 1 aromatic heterocycles. The Kier molecular flexibility index (Phi) is 4.14. The molecule has 0 saturated carbocycles. The van der Waals surface area contributed by atoms with Gasteiger partial charge in [0.2, 0.25) is 0 Å². The summed E-state index contributed by atoms with van der Waals surface area (Å²) in [5.41, 5.74) is 0.553. The summed E-state index contributed by atoms with van der Waals surface area (Å²) >= 11 is 0. The number of amides is 1. The third-order valence-electron chi connectivity index (χ3n) is 5.33. The maximum atomic E-state index is 12.4. The zero-order chi connectivity index (χ0) is 16.6. The topological polar surface area (TPSA) is 67.8 Å². The van der Waals surface area contributed by atoms with Crippen LogP contribution >= 0.6 is 0 Å². The van der Waals surface area contributed by atoms with Crippen molar-refractivity contribution in [3.63, 3.8) is 0 Å². The van der Waals surface area contributed by atoms with Gasteiger partial charge in [0.25, 0.3) is 0 Å². The molecule has 1 amide bonds. The summed E-state index contributed by atoms with van der Waals surface area (Å²) in [5, 5.41) is 0. The Labute approximate surface area is 142 Å². The predicted molar refractivity (Wildman–Crippen MR) is 88.1 cm³/mol. The van der Waals surface area contributed by atoms with Gasteiger partial charge in [-0.1, -0.05) is 0 Å². The van der Waals surface area contributed by atoms with Gasteiger partial charge in [-0.25, -0.2) is 9.78 Å². The highest BCUT2D eigenvalue weighted by Crippen LogP contribution is 2.35. The van der Waals surface area contributed by atoms with Crippen molar-refractivity contribution in [2.75, 3.05) is 44.8 Å². The first-order chi connectivity index (χ1) is 11.7. The van der Waals surface area contributed by atoms with Crippen molar-refractivity contribution < 1.29 is 14.3 Å². The molecular formula is C17H24N4O3. The zero-order valence-electron chi connectivity index (χ0n) is 14.1. The van der Waals surface area contributed by atoms with Crippen molar-refractivity contribution >= 4 is 11.9 Å². The van der Waals surface area contributed by atoms with E-state index in [4.69, 9.17) is 14.5 Å². The Bertz CT molecular complexity index is 618. The maximum absolute atomic E-state index is 12.4. The lowest BCUT2D eigenvalue weighted by molar-refractivity contribution is -0.0431. The van der Waals surface area contributed by atoms with E-state index in [9.17, 15) is 4.79 Å². The van der Waals surface area contributed by atoms with Gasteiger partial charge in [-0.05, 0) is 26.4 Å². The number of likely N-dealkylation sites (N-methyl/N-ethyl adjacent to an activating group) is 1. The normalized spacial score (nSPS) is 27.5. The molecule has 4 rings (SSSR count). The second kappa shape index (κ2) is 6.29. The maximum Gasteiger partial charge on any atom is 0.416 e. The quantitative estimate of drug-likeness (QED) is 0.822. The first-order valence-corrected chi connectivity index (χ1v) is 8.74. The van der Waals surface area contributed by atoms with Crippen molar-refractivity contribution in [1.29, 1.82) is 0 Å². The molecule has 7 nitrogen and oxygen atoms in total. The molecule has 1 atom stereocenters. The van der Waals surface area contributed by atoms with Crippen LogP contribution in [-0.4, -0.2) is 66.5 Å². The van der Waals surface area contributed by atoms with E-state index < -0.39 is 5.60 Å². The molecule has 0 aliphatic carbocycles. The van der Waals surface area contributed by atoms with Crippen LogP contribution in [0.4, 0.5) is 10.6 Å². The highest BCUT2D eigenvalue weighted by molar-refractivity contribution is 5.89. The lowest BCUT2D eigenvalue weighted by Gasteiger charge is -2.30. The SMILES string of the molecule is CN1CCC[C@@H](c2cncc(N3CC4(CCOCC4)OC3=O)n2)C1. The molecule has 130 valence electrons. The highest BCUT2D eigenvalue weighted by atomic mass is 16.6. The standard InChI is InChI=1S/C17H24N4O3/c1-20-6-2-3-13(11-20)14-9-18-10-15(19-14)21-12-17(24-16(21)22)4-7-23-8-5-17/h9-10,13H,2-8,11-12H2,1H3/t13-/m1/s1. The second-order valence-corrected chi connectivity index (χ2v) is 7.15. The minimum atomic E-state index is -0.419. The van der Waals surface area contributed by atoms with Crippen LogP contribution in [0.1, 0.15) is 37.3 Å². The molecule has 3 aliphatic heterocycles. The molecule has 4 heterocycles. The third-order valence-corrected chi connectivity index (χ3v) is 5.33. The fourth-order valence-electron chi connectivity index (χ4n) is 3.91. The lowest BCUT2D eigenvalue weighted by Crippen LogP contribution is -2.40. The summed E-state index contributed by atoms with van der Waals surface area (Å²) in [6.45, 7) is 3.94. The van der Waals surface area contributed by atoms with E-state index >= 15 is 0 Å². The molecule has 7 heteroatoms. The van der Waals surface area contributed by atoms with Gasteiger partial charge in [0.15, 0.2) is 5.82 Å². The van der Waals surface area contributed by atoms with Gasteiger partial charge in [-0.3, -0.25) is 9.88 Å². The highest BCUT2D eigenvalue weighted by Gasteiger charge is 2.47. The Morgan fingerprint density at radius 1 is 1.29 bits per heavy atom. The number of carbonyl (C=O) groups is 1. The van der Waals surface area contributed by atoms with Gasteiger partial charge >= 0.3 is 6.09 Å². The number of carbonyl (C=O) groups excluding carboxylic acids is 1.